The summed E-state index contributed by atoms with van der Waals surface area (Å²) in [5.74, 6) is -0.375. The van der Waals surface area contributed by atoms with Crippen molar-refractivity contribution in [1.29, 1.82) is 0 Å². The number of carbonyl (C=O) groups excluding carboxylic acids is 1. The van der Waals surface area contributed by atoms with Gasteiger partial charge in [0.25, 0.3) is 0 Å². The van der Waals surface area contributed by atoms with E-state index in [0.717, 1.165) is 12.0 Å². The summed E-state index contributed by atoms with van der Waals surface area (Å²) in [6, 6.07) is 0. The molecule has 1 atom stereocenters. The first-order chi connectivity index (χ1) is 8.45. The van der Waals surface area contributed by atoms with Gasteiger partial charge in [-0.05, 0) is 6.42 Å². The molecule has 0 saturated carbocycles. The average molecular weight is 268 g/mol. The van der Waals surface area contributed by atoms with Gasteiger partial charge in [0.15, 0.2) is 0 Å². The molecule has 2 N–H and O–H groups in total. The summed E-state index contributed by atoms with van der Waals surface area (Å²) in [6.45, 7) is 2.54. The second kappa shape index (κ2) is 6.49. The zero-order chi connectivity index (χ0) is 13.7. The molecule has 0 bridgehead atoms. The first kappa shape index (κ1) is 14.6. The van der Waals surface area contributed by atoms with Gasteiger partial charge in [-0.1, -0.05) is 25.6 Å². The molecule has 1 amide bonds. The van der Waals surface area contributed by atoms with Gasteiger partial charge in [0.05, 0.1) is 17.1 Å². The molecule has 0 saturated heterocycles. The van der Waals surface area contributed by atoms with Crippen LogP contribution < -0.4 is 5.73 Å². The highest BCUT2D eigenvalue weighted by molar-refractivity contribution is 7.80. The molecular formula is C12H20N4OS. The second-order valence-corrected chi connectivity index (χ2v) is 4.93. The van der Waals surface area contributed by atoms with Crippen LogP contribution in [0.5, 0.6) is 0 Å². The molecule has 100 valence electrons. The van der Waals surface area contributed by atoms with E-state index in [1.807, 2.05) is 20.2 Å². The van der Waals surface area contributed by atoms with Crippen molar-refractivity contribution in [3.8, 4) is 0 Å². The minimum Gasteiger partial charge on any atom is -0.393 e. The number of rotatable bonds is 6. The molecule has 1 rings (SSSR count). The Balaban J connectivity index is 2.67. The molecule has 6 heteroatoms. The van der Waals surface area contributed by atoms with Crippen molar-refractivity contribution in [2.24, 2.45) is 18.7 Å². The molecule has 0 fully saturated rings. The Labute approximate surface area is 113 Å². The maximum Gasteiger partial charge on any atom is 0.232 e. The Bertz CT molecular complexity index is 429. The van der Waals surface area contributed by atoms with Gasteiger partial charge >= 0.3 is 0 Å². The Morgan fingerprint density at radius 1 is 1.67 bits per heavy atom. The van der Waals surface area contributed by atoms with Crippen molar-refractivity contribution >= 4 is 23.1 Å². The third-order valence-corrected chi connectivity index (χ3v) is 3.06. The standard InChI is InChI=1S/C12H20N4OS/c1-4-5-10(11(13)18)12(17)15(2)7-9-6-14-16(3)8-9/h6,8,10H,4-5,7H2,1-3H3,(H2,13,18). The summed E-state index contributed by atoms with van der Waals surface area (Å²) in [5, 5.41) is 4.07. The van der Waals surface area contributed by atoms with Crippen LogP contribution in [0.4, 0.5) is 0 Å². The lowest BCUT2D eigenvalue weighted by Gasteiger charge is -2.22. The Kier molecular flexibility index (Phi) is 5.27. The van der Waals surface area contributed by atoms with Crippen molar-refractivity contribution in [1.82, 2.24) is 14.7 Å². The zero-order valence-electron chi connectivity index (χ0n) is 11.1. The number of aromatic nitrogens is 2. The zero-order valence-corrected chi connectivity index (χ0v) is 11.9. The van der Waals surface area contributed by atoms with Crippen LogP contribution in [-0.2, 0) is 18.4 Å². The van der Waals surface area contributed by atoms with Crippen molar-refractivity contribution in [3.05, 3.63) is 18.0 Å². The van der Waals surface area contributed by atoms with Gasteiger partial charge < -0.3 is 10.6 Å². The molecule has 1 aromatic heterocycles. The average Bonchev–Trinajstić information content (AvgIpc) is 2.70. The summed E-state index contributed by atoms with van der Waals surface area (Å²) < 4.78 is 1.71. The number of nitrogens with zero attached hydrogens (tertiary/aromatic N) is 3. The summed E-state index contributed by atoms with van der Waals surface area (Å²) in [5.41, 5.74) is 6.62. The Hall–Kier alpha value is -1.43. The monoisotopic (exact) mass is 268 g/mol. The summed E-state index contributed by atoms with van der Waals surface area (Å²) in [4.78, 5) is 14.1. The summed E-state index contributed by atoms with van der Waals surface area (Å²) in [7, 11) is 3.61. The quantitative estimate of drug-likeness (QED) is 0.784. The minimum absolute atomic E-state index is 0.0202. The molecule has 1 aromatic rings. The number of hydrogen-bond acceptors (Lipinski definition) is 3. The van der Waals surface area contributed by atoms with E-state index in [-0.39, 0.29) is 16.8 Å². The lowest BCUT2D eigenvalue weighted by Crippen LogP contribution is -2.38. The van der Waals surface area contributed by atoms with Crippen molar-refractivity contribution in [2.45, 2.75) is 26.3 Å². The normalized spacial score (nSPS) is 12.2. The maximum atomic E-state index is 12.2. The van der Waals surface area contributed by atoms with Crippen LogP contribution in [0.2, 0.25) is 0 Å². The van der Waals surface area contributed by atoms with Crippen LogP contribution in [0.25, 0.3) is 0 Å². The van der Waals surface area contributed by atoms with Gasteiger partial charge in [0.2, 0.25) is 5.91 Å². The highest BCUT2D eigenvalue weighted by atomic mass is 32.1. The van der Waals surface area contributed by atoms with Crippen LogP contribution >= 0.6 is 12.2 Å². The second-order valence-electron chi connectivity index (χ2n) is 4.46. The first-order valence-corrected chi connectivity index (χ1v) is 6.38. The highest BCUT2D eigenvalue weighted by Gasteiger charge is 2.23. The van der Waals surface area contributed by atoms with Crippen molar-refractivity contribution in [3.63, 3.8) is 0 Å². The van der Waals surface area contributed by atoms with E-state index in [1.165, 1.54) is 0 Å². The van der Waals surface area contributed by atoms with Crippen LogP contribution in [-0.4, -0.2) is 32.6 Å². The fourth-order valence-electron chi connectivity index (χ4n) is 1.85. The molecule has 0 aliphatic heterocycles. The fraction of sp³-hybridized carbons (Fsp3) is 0.583. The molecule has 0 spiro atoms. The summed E-state index contributed by atoms with van der Waals surface area (Å²) in [6.07, 6.45) is 5.22. The van der Waals surface area contributed by atoms with Gasteiger partial charge in [-0.25, -0.2) is 0 Å². The smallest absolute Gasteiger partial charge is 0.232 e. The predicted molar refractivity (Wildman–Crippen MR) is 74.9 cm³/mol. The topological polar surface area (TPSA) is 64.2 Å². The van der Waals surface area contributed by atoms with Gasteiger partial charge in [0.1, 0.15) is 0 Å². The number of hydrogen-bond donors (Lipinski definition) is 1. The van der Waals surface area contributed by atoms with E-state index in [2.05, 4.69) is 5.10 Å². The van der Waals surface area contributed by atoms with Crippen LogP contribution in [0, 0.1) is 5.92 Å². The third kappa shape index (κ3) is 3.80. The predicted octanol–water partition coefficient (Wildman–Crippen LogP) is 1.08. The number of thiocarbonyl (C=S) groups is 1. The van der Waals surface area contributed by atoms with Crippen molar-refractivity contribution < 1.29 is 4.79 Å². The Morgan fingerprint density at radius 2 is 2.33 bits per heavy atom. The van der Waals surface area contributed by atoms with Gasteiger partial charge in [0, 0.05) is 32.4 Å². The molecular weight excluding hydrogens is 248 g/mol. The molecule has 0 aliphatic carbocycles. The molecule has 0 aliphatic rings. The van der Waals surface area contributed by atoms with Gasteiger partial charge in [-0.2, -0.15) is 5.10 Å². The molecule has 1 heterocycles. The highest BCUT2D eigenvalue weighted by Crippen LogP contribution is 2.12. The fourth-order valence-corrected chi connectivity index (χ4v) is 2.07. The largest absolute Gasteiger partial charge is 0.393 e. The molecule has 0 aromatic carbocycles. The van der Waals surface area contributed by atoms with E-state index >= 15 is 0 Å². The van der Waals surface area contributed by atoms with Gasteiger partial charge in [-0.3, -0.25) is 9.48 Å². The molecule has 0 radical (unpaired) electrons. The first-order valence-electron chi connectivity index (χ1n) is 5.97. The van der Waals surface area contributed by atoms with Gasteiger partial charge in [-0.15, -0.1) is 0 Å². The minimum atomic E-state index is -0.355. The van der Waals surface area contributed by atoms with Crippen molar-refractivity contribution in [2.75, 3.05) is 7.05 Å². The maximum absolute atomic E-state index is 12.2. The lowest BCUT2D eigenvalue weighted by atomic mass is 10.0. The van der Waals surface area contributed by atoms with E-state index in [1.54, 1.807) is 22.8 Å². The lowest BCUT2D eigenvalue weighted by molar-refractivity contribution is -0.132. The Morgan fingerprint density at radius 3 is 2.78 bits per heavy atom. The molecule has 18 heavy (non-hydrogen) atoms. The summed E-state index contributed by atoms with van der Waals surface area (Å²) >= 11 is 4.96. The molecule has 1 unspecified atom stereocenters. The van der Waals surface area contributed by atoms with E-state index in [4.69, 9.17) is 18.0 Å². The van der Waals surface area contributed by atoms with E-state index in [9.17, 15) is 4.79 Å². The molecule has 5 nitrogen and oxygen atoms in total. The number of carbonyl (C=O) groups is 1. The van der Waals surface area contributed by atoms with Crippen LogP contribution in [0.15, 0.2) is 12.4 Å². The van der Waals surface area contributed by atoms with E-state index in [0.29, 0.717) is 13.0 Å². The SMILES string of the molecule is CCCC(C(=O)N(C)Cc1cnn(C)c1)C(N)=S. The number of aryl methyl sites for hydroxylation is 1. The third-order valence-electron chi connectivity index (χ3n) is 2.77. The van der Waals surface area contributed by atoms with Crippen LogP contribution in [0.1, 0.15) is 25.3 Å². The number of nitrogens with two attached hydrogens (primary N) is 1. The number of amides is 1. The van der Waals surface area contributed by atoms with Crippen LogP contribution in [0.3, 0.4) is 0 Å². The van der Waals surface area contributed by atoms with E-state index < -0.39 is 0 Å².